The molecule has 0 N–H and O–H groups in total. The summed E-state index contributed by atoms with van der Waals surface area (Å²) in [5, 5.41) is 0. The third-order valence-corrected chi connectivity index (χ3v) is 10.6. The van der Waals surface area contributed by atoms with Crippen LogP contribution >= 0.6 is 0 Å². The third kappa shape index (κ3) is 11.1. The van der Waals surface area contributed by atoms with E-state index in [1.165, 1.54) is 29.8 Å². The van der Waals surface area contributed by atoms with Crippen molar-refractivity contribution < 1.29 is 35.5 Å². The van der Waals surface area contributed by atoms with Gasteiger partial charge in [-0.1, -0.05) is 136 Å². The van der Waals surface area contributed by atoms with Crippen molar-refractivity contribution in [2.24, 2.45) is 0 Å². The van der Waals surface area contributed by atoms with E-state index >= 15 is 4.39 Å². The molecule has 0 radical (unpaired) electrons. The highest BCUT2D eigenvalue weighted by Gasteiger charge is 2.33. The third-order valence-electron chi connectivity index (χ3n) is 10.6. The Morgan fingerprint density at radius 2 is 0.982 bits per heavy atom. The number of unbranched alkanes of at least 4 members (excludes halogenated alkanes) is 2. The van der Waals surface area contributed by atoms with Crippen LogP contribution in [0.15, 0.2) is 140 Å². The van der Waals surface area contributed by atoms with Gasteiger partial charge in [-0.2, -0.15) is 13.2 Å². The SMILES string of the molecule is CCCCCc1ccc(-c2ccc(CC(c3ccc(C(F)(F)F)cc3)C(Cc3ccc(OC(F)(F)F)cc3)c3ccc(-c4ccc(CC)cc4)cc3)cc2)c(F)c1. The van der Waals surface area contributed by atoms with Crippen LogP contribution in [0.4, 0.5) is 30.7 Å². The zero-order valence-electron chi connectivity index (χ0n) is 31.9. The lowest BCUT2D eigenvalue weighted by Crippen LogP contribution is -2.18. The molecule has 0 saturated carbocycles. The zero-order chi connectivity index (χ0) is 40.6. The Morgan fingerprint density at radius 3 is 1.47 bits per heavy atom. The Balaban J connectivity index is 1.37. The van der Waals surface area contributed by atoms with Crippen molar-refractivity contribution in [3.05, 3.63) is 184 Å². The fourth-order valence-corrected chi connectivity index (χ4v) is 7.44. The first-order valence-corrected chi connectivity index (χ1v) is 19.4. The molecule has 2 unspecified atom stereocenters. The smallest absolute Gasteiger partial charge is 0.406 e. The van der Waals surface area contributed by atoms with Crippen molar-refractivity contribution >= 4 is 0 Å². The highest BCUT2D eigenvalue weighted by molar-refractivity contribution is 5.65. The first-order chi connectivity index (χ1) is 27.3. The number of hydrogen-bond acceptors (Lipinski definition) is 1. The van der Waals surface area contributed by atoms with Gasteiger partial charge in [0.05, 0.1) is 5.56 Å². The van der Waals surface area contributed by atoms with Gasteiger partial charge in [-0.05, 0) is 124 Å². The molecule has 0 aliphatic carbocycles. The highest BCUT2D eigenvalue weighted by atomic mass is 19.4. The first-order valence-electron chi connectivity index (χ1n) is 19.4. The minimum atomic E-state index is -4.84. The van der Waals surface area contributed by atoms with Gasteiger partial charge < -0.3 is 4.74 Å². The summed E-state index contributed by atoms with van der Waals surface area (Å²) in [5.74, 6) is -1.32. The summed E-state index contributed by atoms with van der Waals surface area (Å²) in [4.78, 5) is 0. The number of aryl methyl sites for hydroxylation is 2. The zero-order valence-corrected chi connectivity index (χ0v) is 31.9. The predicted molar refractivity (Wildman–Crippen MR) is 214 cm³/mol. The van der Waals surface area contributed by atoms with Crippen molar-refractivity contribution in [1.29, 1.82) is 0 Å². The monoisotopic (exact) mass is 782 g/mol. The van der Waals surface area contributed by atoms with Gasteiger partial charge in [0, 0.05) is 5.56 Å². The molecule has 0 aliphatic heterocycles. The molecule has 6 rings (SSSR count). The van der Waals surface area contributed by atoms with Gasteiger partial charge in [-0.3, -0.25) is 0 Å². The van der Waals surface area contributed by atoms with Crippen molar-refractivity contribution in [2.45, 2.75) is 83.2 Å². The Bertz CT molecular complexity index is 2170. The van der Waals surface area contributed by atoms with Crippen molar-refractivity contribution in [2.75, 3.05) is 0 Å². The first kappa shape index (κ1) is 41.3. The van der Waals surface area contributed by atoms with E-state index in [4.69, 9.17) is 0 Å². The molecule has 6 aromatic rings. The molecule has 0 aromatic heterocycles. The molecular weight excluding hydrogens is 738 g/mol. The fraction of sp³-hybridized carbons (Fsp3) is 0.265. The maximum atomic E-state index is 15.3. The Hall–Kier alpha value is -5.37. The van der Waals surface area contributed by atoms with E-state index < -0.39 is 18.1 Å². The summed E-state index contributed by atoms with van der Waals surface area (Å²) in [6.45, 7) is 4.22. The second kappa shape index (κ2) is 18.3. The van der Waals surface area contributed by atoms with Gasteiger partial charge in [0.25, 0.3) is 0 Å². The largest absolute Gasteiger partial charge is 0.573 e. The van der Waals surface area contributed by atoms with Crippen LogP contribution in [0.1, 0.15) is 83.9 Å². The van der Waals surface area contributed by atoms with Crippen LogP contribution < -0.4 is 4.74 Å². The van der Waals surface area contributed by atoms with Gasteiger partial charge in [-0.15, -0.1) is 13.2 Å². The van der Waals surface area contributed by atoms with Crippen LogP contribution in [-0.2, 0) is 31.9 Å². The van der Waals surface area contributed by atoms with Gasteiger partial charge in [0.15, 0.2) is 0 Å². The van der Waals surface area contributed by atoms with Crippen molar-refractivity contribution in [3.63, 3.8) is 0 Å². The average molecular weight is 783 g/mol. The second-order valence-corrected chi connectivity index (χ2v) is 14.6. The molecule has 8 heteroatoms. The van der Waals surface area contributed by atoms with Crippen molar-refractivity contribution in [3.8, 4) is 28.0 Å². The van der Waals surface area contributed by atoms with E-state index in [1.54, 1.807) is 24.3 Å². The van der Waals surface area contributed by atoms with Crippen LogP contribution in [0.5, 0.6) is 5.75 Å². The van der Waals surface area contributed by atoms with E-state index in [1.807, 2.05) is 54.6 Å². The van der Waals surface area contributed by atoms with Gasteiger partial charge in [0.1, 0.15) is 11.6 Å². The number of alkyl halides is 6. The molecule has 0 heterocycles. The topological polar surface area (TPSA) is 9.23 Å². The molecule has 0 fully saturated rings. The number of rotatable bonds is 15. The van der Waals surface area contributed by atoms with Crippen LogP contribution in [0.3, 0.4) is 0 Å². The molecule has 296 valence electrons. The molecule has 0 amide bonds. The Labute approximate surface area is 330 Å². The summed E-state index contributed by atoms with van der Waals surface area (Å²) in [6.07, 6.45) is -3.66. The van der Waals surface area contributed by atoms with Crippen LogP contribution in [0.25, 0.3) is 22.3 Å². The molecule has 6 aromatic carbocycles. The fourth-order valence-electron chi connectivity index (χ4n) is 7.44. The van der Waals surface area contributed by atoms with Crippen LogP contribution in [-0.4, -0.2) is 6.36 Å². The quantitative estimate of drug-likeness (QED) is 0.0745. The Kier molecular flexibility index (Phi) is 13.2. The maximum absolute atomic E-state index is 15.3. The second-order valence-electron chi connectivity index (χ2n) is 14.6. The lowest BCUT2D eigenvalue weighted by atomic mass is 9.74. The summed E-state index contributed by atoms with van der Waals surface area (Å²) < 4.78 is 99.5. The van der Waals surface area contributed by atoms with Crippen LogP contribution in [0.2, 0.25) is 0 Å². The van der Waals surface area contributed by atoms with E-state index in [2.05, 4.69) is 42.8 Å². The minimum absolute atomic E-state index is 0.296. The molecule has 1 nitrogen and oxygen atoms in total. The lowest BCUT2D eigenvalue weighted by Gasteiger charge is -2.29. The van der Waals surface area contributed by atoms with Gasteiger partial charge in [-0.25, -0.2) is 4.39 Å². The summed E-state index contributed by atoms with van der Waals surface area (Å²) >= 11 is 0. The normalized spacial score (nSPS) is 13.0. The number of hydrogen-bond donors (Lipinski definition) is 0. The maximum Gasteiger partial charge on any atom is 0.573 e. The molecular formula is C49H45F7O. The summed E-state index contributed by atoms with van der Waals surface area (Å²) in [6, 6.07) is 40.2. The molecule has 0 spiro atoms. The lowest BCUT2D eigenvalue weighted by molar-refractivity contribution is -0.274. The Morgan fingerprint density at radius 1 is 0.509 bits per heavy atom. The average Bonchev–Trinajstić information content (AvgIpc) is 3.20. The van der Waals surface area contributed by atoms with E-state index in [9.17, 15) is 26.3 Å². The van der Waals surface area contributed by atoms with E-state index in [-0.39, 0.29) is 23.4 Å². The number of halogens is 7. The predicted octanol–water partition coefficient (Wildman–Crippen LogP) is 14.7. The minimum Gasteiger partial charge on any atom is -0.406 e. The van der Waals surface area contributed by atoms with Crippen LogP contribution in [0, 0.1) is 5.82 Å². The number of ether oxygens (including phenoxy) is 1. The van der Waals surface area contributed by atoms with Gasteiger partial charge >= 0.3 is 12.5 Å². The highest BCUT2D eigenvalue weighted by Crippen LogP contribution is 2.41. The summed E-state index contributed by atoms with van der Waals surface area (Å²) in [5.41, 5.74) is 7.87. The standard InChI is InChI=1S/C49H45F7O/c1-3-5-6-7-34-14-29-44(47(50)32-34)39-17-10-35(11-18-39)30-46(41-23-25-42(26-24-41)48(51,52)53)45(31-36-12-27-43(28-13-36)57-49(54,55)56)40-21-19-38(20-22-40)37-15-8-33(4-2)9-16-37/h8-29,32,45-46H,3-7,30-31H2,1-2H3. The molecule has 0 saturated heterocycles. The molecule has 0 aliphatic rings. The van der Waals surface area contributed by atoms with E-state index in [0.29, 0.717) is 29.5 Å². The van der Waals surface area contributed by atoms with Gasteiger partial charge in [0.2, 0.25) is 0 Å². The molecule has 2 atom stereocenters. The number of benzene rings is 6. The van der Waals surface area contributed by atoms with Crippen molar-refractivity contribution in [1.82, 2.24) is 0 Å². The summed E-state index contributed by atoms with van der Waals surface area (Å²) in [7, 11) is 0. The molecule has 57 heavy (non-hydrogen) atoms. The van der Waals surface area contributed by atoms with E-state index in [0.717, 1.165) is 77.6 Å². The molecule has 0 bridgehead atoms.